The zero-order chi connectivity index (χ0) is 19.0. The summed E-state index contributed by atoms with van der Waals surface area (Å²) in [5.74, 6) is 0.0763. The lowest BCUT2D eigenvalue weighted by atomic mass is 10.1. The first-order valence-electron chi connectivity index (χ1n) is 8.84. The lowest BCUT2D eigenvalue weighted by Crippen LogP contribution is -2.49. The summed E-state index contributed by atoms with van der Waals surface area (Å²) in [4.78, 5) is 29.3. The van der Waals surface area contributed by atoms with Crippen molar-refractivity contribution in [2.45, 2.75) is 0 Å². The molecule has 1 aromatic heterocycles. The maximum atomic E-state index is 13.1. The van der Waals surface area contributed by atoms with E-state index in [1.165, 1.54) is 4.68 Å². The van der Waals surface area contributed by atoms with Crippen LogP contribution in [0, 0.1) is 0 Å². The van der Waals surface area contributed by atoms with Crippen molar-refractivity contribution in [1.82, 2.24) is 14.7 Å². The molecule has 0 saturated carbocycles. The maximum Gasteiger partial charge on any atom is 0.275 e. The number of fused-ring (bicyclic) bond motifs is 1. The minimum absolute atomic E-state index is 0.160. The summed E-state index contributed by atoms with van der Waals surface area (Å²) in [6.07, 6.45) is 0. The van der Waals surface area contributed by atoms with Gasteiger partial charge in [0.25, 0.3) is 11.5 Å². The molecule has 3 aromatic rings. The van der Waals surface area contributed by atoms with Crippen LogP contribution < -0.4 is 10.5 Å². The highest BCUT2D eigenvalue weighted by Crippen LogP contribution is 2.21. The largest absolute Gasteiger partial charge is 0.508 e. The highest BCUT2D eigenvalue weighted by atomic mass is 16.3. The molecule has 0 unspecified atom stereocenters. The van der Waals surface area contributed by atoms with Crippen LogP contribution in [0.4, 0.5) is 5.69 Å². The van der Waals surface area contributed by atoms with Crippen LogP contribution in [0.2, 0.25) is 0 Å². The van der Waals surface area contributed by atoms with Gasteiger partial charge < -0.3 is 14.9 Å². The number of hydrogen-bond donors (Lipinski definition) is 1. The van der Waals surface area contributed by atoms with Gasteiger partial charge in [-0.2, -0.15) is 5.10 Å². The van der Waals surface area contributed by atoms with Gasteiger partial charge in [0.15, 0.2) is 5.69 Å². The van der Waals surface area contributed by atoms with Crippen LogP contribution in [0.5, 0.6) is 5.75 Å². The maximum absolute atomic E-state index is 13.1. The second-order valence-electron chi connectivity index (χ2n) is 6.62. The van der Waals surface area contributed by atoms with Crippen LogP contribution in [0.25, 0.3) is 10.8 Å². The van der Waals surface area contributed by atoms with Crippen molar-refractivity contribution < 1.29 is 9.90 Å². The molecular formula is C20H20N4O3. The molecule has 27 heavy (non-hydrogen) atoms. The van der Waals surface area contributed by atoms with E-state index < -0.39 is 0 Å². The topological polar surface area (TPSA) is 78.7 Å². The van der Waals surface area contributed by atoms with Crippen molar-refractivity contribution in [3.05, 3.63) is 64.6 Å². The minimum Gasteiger partial charge on any atom is -0.508 e. The molecule has 4 rings (SSSR count). The van der Waals surface area contributed by atoms with Gasteiger partial charge in [0.1, 0.15) is 5.75 Å². The van der Waals surface area contributed by atoms with Gasteiger partial charge in [0, 0.05) is 44.3 Å². The number of carbonyl (C=O) groups is 1. The SMILES string of the molecule is Cn1nc(C(=O)N2CCN(c3ccc(O)cc3)CC2)c2ccccc2c1=O. The average molecular weight is 364 g/mol. The predicted molar refractivity (Wildman–Crippen MR) is 103 cm³/mol. The number of anilines is 1. The van der Waals surface area contributed by atoms with E-state index in [2.05, 4.69) is 10.00 Å². The molecule has 2 heterocycles. The minimum atomic E-state index is -0.209. The first-order chi connectivity index (χ1) is 13.0. The Morgan fingerprint density at radius 1 is 0.963 bits per heavy atom. The highest BCUT2D eigenvalue weighted by Gasteiger charge is 2.25. The van der Waals surface area contributed by atoms with Gasteiger partial charge in [0.05, 0.1) is 5.39 Å². The highest BCUT2D eigenvalue weighted by molar-refractivity contribution is 6.04. The number of benzene rings is 2. The third-order valence-corrected chi connectivity index (χ3v) is 4.94. The van der Waals surface area contributed by atoms with Crippen LogP contribution in [0.15, 0.2) is 53.3 Å². The van der Waals surface area contributed by atoms with Crippen molar-refractivity contribution in [2.75, 3.05) is 31.1 Å². The molecule has 7 nitrogen and oxygen atoms in total. The summed E-state index contributed by atoms with van der Waals surface area (Å²) in [6, 6.07) is 14.1. The molecule has 0 bridgehead atoms. The number of hydrogen-bond acceptors (Lipinski definition) is 5. The standard InChI is InChI=1S/C20H20N4O3/c1-22-19(26)17-5-3-2-4-16(17)18(21-22)20(27)24-12-10-23(11-13-24)14-6-8-15(25)9-7-14/h2-9,25H,10-13H2,1H3. The monoisotopic (exact) mass is 364 g/mol. The molecule has 1 aliphatic rings. The zero-order valence-electron chi connectivity index (χ0n) is 15.0. The van der Waals surface area contributed by atoms with Crippen molar-refractivity contribution in [3.63, 3.8) is 0 Å². The fourth-order valence-electron chi connectivity index (χ4n) is 3.44. The zero-order valence-corrected chi connectivity index (χ0v) is 15.0. The Kier molecular flexibility index (Phi) is 4.27. The number of aromatic hydroxyl groups is 1. The molecule has 0 spiro atoms. The van der Waals surface area contributed by atoms with E-state index in [4.69, 9.17) is 0 Å². The van der Waals surface area contributed by atoms with Crippen LogP contribution in [0.3, 0.4) is 0 Å². The summed E-state index contributed by atoms with van der Waals surface area (Å²) in [5, 5.41) is 14.7. The fraction of sp³-hybridized carbons (Fsp3) is 0.250. The predicted octanol–water partition coefficient (Wildman–Crippen LogP) is 1.60. The van der Waals surface area contributed by atoms with Gasteiger partial charge in [0.2, 0.25) is 0 Å². The Morgan fingerprint density at radius 2 is 1.59 bits per heavy atom. The molecule has 1 amide bonds. The van der Waals surface area contributed by atoms with Crippen LogP contribution in [-0.4, -0.2) is 51.9 Å². The van der Waals surface area contributed by atoms with Crippen LogP contribution in [-0.2, 0) is 7.05 Å². The van der Waals surface area contributed by atoms with Crippen molar-refractivity contribution in [2.24, 2.45) is 7.05 Å². The van der Waals surface area contributed by atoms with Gasteiger partial charge in [-0.15, -0.1) is 0 Å². The quantitative estimate of drug-likeness (QED) is 0.747. The van der Waals surface area contributed by atoms with Gasteiger partial charge in [-0.3, -0.25) is 9.59 Å². The number of piperazine rings is 1. The molecule has 1 aliphatic heterocycles. The van der Waals surface area contributed by atoms with E-state index in [-0.39, 0.29) is 17.2 Å². The first kappa shape index (κ1) is 17.1. The number of aromatic nitrogens is 2. The van der Waals surface area contributed by atoms with Crippen molar-refractivity contribution >= 4 is 22.4 Å². The van der Waals surface area contributed by atoms with E-state index in [0.29, 0.717) is 42.6 Å². The molecule has 1 fully saturated rings. The van der Waals surface area contributed by atoms with Crippen molar-refractivity contribution in [1.29, 1.82) is 0 Å². The molecular weight excluding hydrogens is 344 g/mol. The summed E-state index contributed by atoms with van der Waals surface area (Å²) >= 11 is 0. The van der Waals surface area contributed by atoms with Crippen LogP contribution in [0.1, 0.15) is 10.5 Å². The average Bonchev–Trinajstić information content (AvgIpc) is 2.71. The Labute approximate surface area is 156 Å². The fourth-order valence-corrected chi connectivity index (χ4v) is 3.44. The van der Waals surface area contributed by atoms with Gasteiger partial charge in [-0.1, -0.05) is 18.2 Å². The molecule has 0 aliphatic carbocycles. The van der Waals surface area contributed by atoms with Gasteiger partial charge >= 0.3 is 0 Å². The number of carbonyl (C=O) groups excluding carboxylic acids is 1. The Hall–Kier alpha value is -3.35. The number of aryl methyl sites for hydroxylation is 1. The van der Waals surface area contributed by atoms with E-state index in [1.54, 1.807) is 42.3 Å². The molecule has 1 N–H and O–H groups in total. The summed E-state index contributed by atoms with van der Waals surface area (Å²) < 4.78 is 1.22. The van der Waals surface area contributed by atoms with Gasteiger partial charge in [-0.25, -0.2) is 4.68 Å². The van der Waals surface area contributed by atoms with Crippen molar-refractivity contribution in [3.8, 4) is 5.75 Å². The summed E-state index contributed by atoms with van der Waals surface area (Å²) in [5.41, 5.74) is 1.12. The van der Waals surface area contributed by atoms with E-state index >= 15 is 0 Å². The lowest BCUT2D eigenvalue weighted by molar-refractivity contribution is 0.0740. The third-order valence-electron chi connectivity index (χ3n) is 4.94. The second-order valence-corrected chi connectivity index (χ2v) is 6.62. The summed E-state index contributed by atoms with van der Waals surface area (Å²) in [6.45, 7) is 2.53. The smallest absolute Gasteiger partial charge is 0.275 e. The van der Waals surface area contributed by atoms with E-state index in [0.717, 1.165) is 5.69 Å². The molecule has 138 valence electrons. The molecule has 0 atom stereocenters. The Balaban J connectivity index is 1.57. The molecule has 2 aromatic carbocycles. The number of amides is 1. The molecule has 0 radical (unpaired) electrons. The van der Waals surface area contributed by atoms with E-state index in [1.807, 2.05) is 18.2 Å². The Morgan fingerprint density at radius 3 is 2.26 bits per heavy atom. The Bertz CT molecular complexity index is 1050. The number of nitrogens with zero attached hydrogens (tertiary/aromatic N) is 4. The number of phenolic OH excluding ortho intramolecular Hbond substituents is 1. The van der Waals surface area contributed by atoms with Gasteiger partial charge in [-0.05, 0) is 30.3 Å². The number of phenols is 1. The normalized spacial score (nSPS) is 14.6. The molecule has 7 heteroatoms. The second kappa shape index (κ2) is 6.75. The first-order valence-corrected chi connectivity index (χ1v) is 8.84. The molecule has 1 saturated heterocycles. The lowest BCUT2D eigenvalue weighted by Gasteiger charge is -2.36. The third kappa shape index (κ3) is 3.12. The number of rotatable bonds is 2. The van der Waals surface area contributed by atoms with Crippen LogP contribution >= 0.6 is 0 Å². The summed E-state index contributed by atoms with van der Waals surface area (Å²) in [7, 11) is 1.56. The van der Waals surface area contributed by atoms with E-state index in [9.17, 15) is 14.7 Å².